The highest BCUT2D eigenvalue weighted by molar-refractivity contribution is 8.18. The number of rotatable bonds is 4. The molecule has 4 amide bonds. The minimum Gasteiger partial charge on any atom is -0.497 e. The van der Waals surface area contributed by atoms with E-state index in [1.807, 2.05) is 42.5 Å². The Morgan fingerprint density at radius 3 is 1.79 bits per heavy atom. The van der Waals surface area contributed by atoms with Gasteiger partial charge in [-0.15, -0.1) is 0 Å². The molecule has 9 nitrogen and oxygen atoms in total. The molecule has 0 spiro atoms. The van der Waals surface area contributed by atoms with Crippen LogP contribution in [0.15, 0.2) is 53.4 Å². The zero-order chi connectivity index (χ0) is 24.2. The summed E-state index contributed by atoms with van der Waals surface area (Å²) in [5.41, 5.74) is 0.826. The Morgan fingerprint density at radius 2 is 1.36 bits per heavy atom. The van der Waals surface area contributed by atoms with E-state index in [-0.39, 0.29) is 22.3 Å². The molecule has 0 saturated carbocycles. The lowest BCUT2D eigenvalue weighted by atomic mass is 10.2. The van der Waals surface area contributed by atoms with Gasteiger partial charge < -0.3 is 14.2 Å². The zero-order valence-electron chi connectivity index (χ0n) is 18.1. The highest BCUT2D eigenvalue weighted by atomic mass is 32.2. The Kier molecular flexibility index (Phi) is 10.3. The van der Waals surface area contributed by atoms with E-state index in [0.717, 1.165) is 40.6 Å². The van der Waals surface area contributed by atoms with Gasteiger partial charge in [0.25, 0.3) is 16.4 Å². The van der Waals surface area contributed by atoms with Gasteiger partial charge in [0.05, 0.1) is 32.0 Å². The third-order valence-electron chi connectivity index (χ3n) is 3.89. The summed E-state index contributed by atoms with van der Waals surface area (Å²) < 4.78 is 15.0. The van der Waals surface area contributed by atoms with Gasteiger partial charge in [-0.2, -0.15) is 0 Å². The molecule has 11 heteroatoms. The topological polar surface area (TPSA) is 120 Å². The standard InChI is InChI=1S/C11H9NO3S.C8H10O2.C3H3NO2S/c1-15-8-4-2-3-7(5-8)6-9-10(13)12-11(14)16-9;1-9-7-4-3-5-8(6-7)10-2;5-2-1-7-3(6)4-2/h2-6H,1H3,(H,12,13,14);3-6H,1-2H3;1H2,(H,4,5,6)/b9-6-;;. The predicted octanol–water partition coefficient (Wildman–Crippen LogP) is 3.69. The van der Waals surface area contributed by atoms with Crippen LogP contribution in [0.4, 0.5) is 9.59 Å². The van der Waals surface area contributed by atoms with Gasteiger partial charge in [0.2, 0.25) is 5.91 Å². The van der Waals surface area contributed by atoms with E-state index in [0.29, 0.717) is 16.4 Å². The number of imide groups is 2. The van der Waals surface area contributed by atoms with Crippen molar-refractivity contribution >= 4 is 51.9 Å². The Morgan fingerprint density at radius 1 is 0.788 bits per heavy atom. The van der Waals surface area contributed by atoms with Crippen LogP contribution in [0.3, 0.4) is 0 Å². The monoisotopic (exact) mass is 490 g/mol. The summed E-state index contributed by atoms with van der Waals surface area (Å²) in [4.78, 5) is 42.8. The number of benzene rings is 2. The largest absolute Gasteiger partial charge is 0.497 e. The summed E-state index contributed by atoms with van der Waals surface area (Å²) >= 11 is 1.91. The fourth-order valence-electron chi connectivity index (χ4n) is 2.35. The van der Waals surface area contributed by atoms with Gasteiger partial charge in [-0.1, -0.05) is 30.0 Å². The molecule has 2 aliphatic heterocycles. The Labute approximate surface area is 199 Å². The summed E-state index contributed by atoms with van der Waals surface area (Å²) in [6, 6.07) is 14.7. The molecular weight excluding hydrogens is 468 g/mol. The number of nitrogens with one attached hydrogen (secondary N) is 2. The highest BCUT2D eigenvalue weighted by Crippen LogP contribution is 2.26. The van der Waals surface area contributed by atoms with Gasteiger partial charge in [0, 0.05) is 6.07 Å². The van der Waals surface area contributed by atoms with Gasteiger partial charge in [-0.05, 0) is 47.7 Å². The lowest BCUT2D eigenvalue weighted by Crippen LogP contribution is -2.18. The lowest BCUT2D eigenvalue weighted by molar-refractivity contribution is -0.117. The number of carbonyl (C=O) groups excluding carboxylic acids is 4. The fraction of sp³-hybridized carbons (Fsp3) is 0.182. The SMILES string of the molecule is COc1cccc(/C=C2\SC(=O)NC2=O)c1.COc1cccc(OC)c1.O=C1CSC(=O)N1. The van der Waals surface area contributed by atoms with Crippen LogP contribution < -0.4 is 24.8 Å². The van der Waals surface area contributed by atoms with Crippen LogP contribution in [0, 0.1) is 0 Å². The maximum absolute atomic E-state index is 11.3. The Hall–Kier alpha value is -3.44. The van der Waals surface area contributed by atoms with E-state index in [4.69, 9.17) is 14.2 Å². The second kappa shape index (κ2) is 13.2. The van der Waals surface area contributed by atoms with Crippen molar-refractivity contribution in [2.75, 3.05) is 27.1 Å². The number of ether oxygens (including phenoxy) is 3. The number of hydrogen-bond donors (Lipinski definition) is 2. The fourth-order valence-corrected chi connectivity index (χ4v) is 3.55. The molecule has 2 N–H and O–H groups in total. The Bertz CT molecular complexity index is 1020. The molecule has 0 aromatic heterocycles. The second-order valence-corrected chi connectivity index (χ2v) is 8.10. The maximum atomic E-state index is 11.3. The van der Waals surface area contributed by atoms with E-state index in [2.05, 4.69) is 10.6 Å². The molecule has 2 heterocycles. The first kappa shape index (κ1) is 25.8. The first-order valence-electron chi connectivity index (χ1n) is 9.38. The molecule has 33 heavy (non-hydrogen) atoms. The van der Waals surface area contributed by atoms with Crippen LogP contribution in [0.2, 0.25) is 0 Å². The highest BCUT2D eigenvalue weighted by Gasteiger charge is 2.24. The average Bonchev–Trinajstić information content (AvgIpc) is 3.36. The maximum Gasteiger partial charge on any atom is 0.290 e. The van der Waals surface area contributed by atoms with Crippen molar-refractivity contribution in [2.24, 2.45) is 0 Å². The average molecular weight is 491 g/mol. The molecule has 2 aromatic carbocycles. The molecule has 0 atom stereocenters. The van der Waals surface area contributed by atoms with Crippen molar-refractivity contribution in [2.45, 2.75) is 0 Å². The smallest absolute Gasteiger partial charge is 0.290 e. The molecule has 0 bridgehead atoms. The third-order valence-corrected chi connectivity index (χ3v) is 5.47. The summed E-state index contributed by atoms with van der Waals surface area (Å²) in [7, 11) is 4.84. The molecule has 0 unspecified atom stereocenters. The van der Waals surface area contributed by atoms with Crippen molar-refractivity contribution in [1.29, 1.82) is 0 Å². The number of hydrogen-bond acceptors (Lipinski definition) is 9. The number of methoxy groups -OCH3 is 3. The van der Waals surface area contributed by atoms with E-state index in [1.165, 1.54) is 0 Å². The first-order valence-corrected chi connectivity index (χ1v) is 11.2. The van der Waals surface area contributed by atoms with E-state index < -0.39 is 0 Å². The van der Waals surface area contributed by atoms with Gasteiger partial charge in [-0.25, -0.2) is 0 Å². The summed E-state index contributed by atoms with van der Waals surface area (Å²) in [5.74, 6) is 2.11. The van der Waals surface area contributed by atoms with E-state index >= 15 is 0 Å². The zero-order valence-corrected chi connectivity index (χ0v) is 19.7. The number of carbonyl (C=O) groups is 4. The van der Waals surface area contributed by atoms with Gasteiger partial charge in [0.15, 0.2) is 0 Å². The molecule has 0 aliphatic carbocycles. The first-order chi connectivity index (χ1) is 15.8. The van der Waals surface area contributed by atoms with Crippen LogP contribution in [0.5, 0.6) is 17.2 Å². The van der Waals surface area contributed by atoms with E-state index in [9.17, 15) is 19.2 Å². The van der Waals surface area contributed by atoms with Crippen molar-refractivity contribution < 1.29 is 33.4 Å². The van der Waals surface area contributed by atoms with Gasteiger partial charge in [0.1, 0.15) is 17.2 Å². The molecule has 0 radical (unpaired) electrons. The molecule has 2 aromatic rings. The summed E-state index contributed by atoms with van der Waals surface area (Å²) in [6.45, 7) is 0. The van der Waals surface area contributed by atoms with Crippen molar-refractivity contribution in [1.82, 2.24) is 10.6 Å². The number of thioether (sulfide) groups is 2. The van der Waals surface area contributed by atoms with Gasteiger partial charge in [-0.3, -0.25) is 29.8 Å². The lowest BCUT2D eigenvalue weighted by Gasteiger charge is -2.01. The van der Waals surface area contributed by atoms with Crippen LogP contribution in [0.25, 0.3) is 6.08 Å². The minimum atomic E-state index is -0.349. The molecular formula is C22H22N2O7S2. The van der Waals surface area contributed by atoms with Crippen LogP contribution in [0.1, 0.15) is 5.56 Å². The van der Waals surface area contributed by atoms with Crippen LogP contribution >= 0.6 is 23.5 Å². The number of amides is 4. The molecule has 2 saturated heterocycles. The molecule has 2 aliphatic rings. The molecule has 4 rings (SSSR count). The summed E-state index contributed by atoms with van der Waals surface area (Å²) in [5, 5.41) is 3.74. The quantitative estimate of drug-likeness (QED) is 0.618. The third kappa shape index (κ3) is 8.91. The van der Waals surface area contributed by atoms with Crippen LogP contribution in [-0.4, -0.2) is 49.4 Å². The van der Waals surface area contributed by atoms with Crippen LogP contribution in [-0.2, 0) is 9.59 Å². The summed E-state index contributed by atoms with van der Waals surface area (Å²) in [6.07, 6.45) is 1.66. The molecule has 2 fully saturated rings. The van der Waals surface area contributed by atoms with Crippen molar-refractivity contribution in [3.63, 3.8) is 0 Å². The Balaban J connectivity index is 0.000000193. The minimum absolute atomic E-state index is 0.185. The normalized spacial score (nSPS) is 15.5. The van der Waals surface area contributed by atoms with E-state index in [1.54, 1.807) is 33.5 Å². The van der Waals surface area contributed by atoms with Crippen molar-refractivity contribution in [3.05, 3.63) is 59.0 Å². The second-order valence-electron chi connectivity index (χ2n) is 6.14. The van der Waals surface area contributed by atoms with Gasteiger partial charge >= 0.3 is 0 Å². The van der Waals surface area contributed by atoms with Crippen molar-refractivity contribution in [3.8, 4) is 17.2 Å². The predicted molar refractivity (Wildman–Crippen MR) is 128 cm³/mol. The molecule has 174 valence electrons.